The molecule has 0 aliphatic heterocycles. The van der Waals surface area contributed by atoms with Gasteiger partial charge in [-0.15, -0.1) is 0 Å². The third-order valence-corrected chi connectivity index (χ3v) is 3.30. The van der Waals surface area contributed by atoms with E-state index in [0.29, 0.717) is 0 Å². The summed E-state index contributed by atoms with van der Waals surface area (Å²) in [6, 6.07) is 9.40. The molecule has 0 aliphatic rings. The second-order valence-electron chi connectivity index (χ2n) is 3.92. The van der Waals surface area contributed by atoms with Gasteiger partial charge >= 0.3 is 0 Å². The van der Waals surface area contributed by atoms with Gasteiger partial charge in [-0.25, -0.2) is 9.97 Å². The zero-order valence-corrected chi connectivity index (χ0v) is 12.0. The summed E-state index contributed by atoms with van der Waals surface area (Å²) in [5, 5.41) is 3.76. The molecule has 0 radical (unpaired) electrons. The van der Waals surface area contributed by atoms with Crippen LogP contribution in [-0.2, 0) is 4.79 Å². The van der Waals surface area contributed by atoms with Crippen LogP contribution >= 0.6 is 23.4 Å². The molecule has 1 aromatic carbocycles. The minimum Gasteiger partial charge on any atom is -0.326 e. The van der Waals surface area contributed by atoms with Gasteiger partial charge in [0, 0.05) is 23.2 Å². The molecule has 0 atom stereocenters. The lowest BCUT2D eigenvalue weighted by Gasteiger charge is -2.05. The van der Waals surface area contributed by atoms with Crippen molar-refractivity contribution in [1.29, 1.82) is 0 Å². The summed E-state index contributed by atoms with van der Waals surface area (Å²) in [4.78, 5) is 20.1. The fourth-order valence-electron chi connectivity index (χ4n) is 1.49. The number of nitrogens with one attached hydrogen (secondary N) is 1. The van der Waals surface area contributed by atoms with Crippen LogP contribution in [0.2, 0.25) is 5.28 Å². The molecule has 19 heavy (non-hydrogen) atoms. The number of hydrogen-bond acceptors (Lipinski definition) is 4. The molecule has 0 fully saturated rings. The first-order valence-electron chi connectivity index (χ1n) is 5.59. The zero-order valence-electron chi connectivity index (χ0n) is 10.5. The fraction of sp³-hybridized carbons (Fsp3) is 0.154. The van der Waals surface area contributed by atoms with Gasteiger partial charge in [0.1, 0.15) is 5.03 Å². The van der Waals surface area contributed by atoms with Crippen molar-refractivity contribution < 1.29 is 4.79 Å². The Morgan fingerprint density at radius 1 is 1.26 bits per heavy atom. The second kappa shape index (κ2) is 6.04. The summed E-state index contributed by atoms with van der Waals surface area (Å²) in [5.74, 6) is -0.0846. The number of halogens is 1. The lowest BCUT2D eigenvalue weighted by molar-refractivity contribution is -0.114. The van der Waals surface area contributed by atoms with Crippen molar-refractivity contribution in [1.82, 2.24) is 9.97 Å². The molecule has 98 valence electrons. The number of aromatic nitrogens is 2. The zero-order chi connectivity index (χ0) is 13.8. The van der Waals surface area contributed by atoms with E-state index in [1.54, 1.807) is 0 Å². The Hall–Kier alpha value is -1.59. The van der Waals surface area contributed by atoms with Crippen LogP contribution in [0, 0.1) is 6.92 Å². The monoisotopic (exact) mass is 293 g/mol. The quantitative estimate of drug-likeness (QED) is 0.694. The van der Waals surface area contributed by atoms with E-state index in [2.05, 4.69) is 15.3 Å². The highest BCUT2D eigenvalue weighted by molar-refractivity contribution is 7.99. The number of rotatable bonds is 3. The average molecular weight is 294 g/mol. The summed E-state index contributed by atoms with van der Waals surface area (Å²) in [6.45, 7) is 3.35. The Kier molecular flexibility index (Phi) is 4.39. The summed E-state index contributed by atoms with van der Waals surface area (Å²) in [6.07, 6.45) is 0. The van der Waals surface area contributed by atoms with Crippen LogP contribution < -0.4 is 5.32 Å². The van der Waals surface area contributed by atoms with Crippen LogP contribution in [0.1, 0.15) is 12.6 Å². The first kappa shape index (κ1) is 13.8. The van der Waals surface area contributed by atoms with Crippen molar-refractivity contribution in [2.75, 3.05) is 5.32 Å². The standard InChI is InChI=1S/C13H12ClN3OS/c1-8-7-12(17-13(14)15-8)19-11-5-3-10(4-6-11)16-9(2)18/h3-7H,1-2H3,(H,16,18). The molecule has 1 N–H and O–H groups in total. The Balaban J connectivity index is 2.12. The number of carbonyl (C=O) groups is 1. The molecule has 2 rings (SSSR count). The lowest BCUT2D eigenvalue weighted by Crippen LogP contribution is -2.05. The van der Waals surface area contributed by atoms with Crippen LogP contribution in [0.15, 0.2) is 40.3 Å². The number of hydrogen-bond donors (Lipinski definition) is 1. The van der Waals surface area contributed by atoms with Gasteiger partial charge < -0.3 is 5.32 Å². The number of carbonyl (C=O) groups excluding carboxylic acids is 1. The van der Waals surface area contributed by atoms with E-state index in [4.69, 9.17) is 11.6 Å². The van der Waals surface area contributed by atoms with Crippen LogP contribution in [0.25, 0.3) is 0 Å². The molecule has 4 nitrogen and oxygen atoms in total. The van der Waals surface area contributed by atoms with Crippen molar-refractivity contribution in [2.45, 2.75) is 23.8 Å². The van der Waals surface area contributed by atoms with Gasteiger partial charge in [0.25, 0.3) is 0 Å². The predicted octanol–water partition coefficient (Wildman–Crippen LogP) is 3.55. The Morgan fingerprint density at radius 2 is 1.95 bits per heavy atom. The molecule has 1 amide bonds. The average Bonchev–Trinajstić information content (AvgIpc) is 2.29. The third-order valence-electron chi connectivity index (χ3n) is 2.20. The minimum absolute atomic E-state index is 0.0846. The molecule has 6 heteroatoms. The summed E-state index contributed by atoms with van der Waals surface area (Å²) in [7, 11) is 0. The molecule has 0 aliphatic carbocycles. The van der Waals surface area contributed by atoms with Crippen LogP contribution in [0.3, 0.4) is 0 Å². The SMILES string of the molecule is CC(=O)Nc1ccc(Sc2cc(C)nc(Cl)n2)cc1. The molecule has 2 aromatic rings. The van der Waals surface area contributed by atoms with E-state index >= 15 is 0 Å². The molecule has 0 saturated heterocycles. The highest BCUT2D eigenvalue weighted by atomic mass is 35.5. The van der Waals surface area contributed by atoms with Crippen LogP contribution in [0.5, 0.6) is 0 Å². The van der Waals surface area contributed by atoms with Gasteiger partial charge in [-0.3, -0.25) is 4.79 Å². The number of aryl methyl sites for hydroxylation is 1. The number of benzene rings is 1. The molecule has 0 spiro atoms. The second-order valence-corrected chi connectivity index (χ2v) is 5.36. The Morgan fingerprint density at radius 3 is 2.53 bits per heavy atom. The smallest absolute Gasteiger partial charge is 0.223 e. The van der Waals surface area contributed by atoms with Gasteiger partial charge in [-0.1, -0.05) is 11.8 Å². The van der Waals surface area contributed by atoms with Gasteiger partial charge in [-0.05, 0) is 48.9 Å². The molecular formula is C13H12ClN3OS. The van der Waals surface area contributed by atoms with Crippen molar-refractivity contribution in [3.63, 3.8) is 0 Å². The fourth-order valence-corrected chi connectivity index (χ4v) is 2.64. The minimum atomic E-state index is -0.0846. The maximum atomic E-state index is 10.9. The van der Waals surface area contributed by atoms with Gasteiger partial charge in [0.05, 0.1) is 0 Å². The van der Waals surface area contributed by atoms with Crippen molar-refractivity contribution >= 4 is 35.0 Å². The molecular weight excluding hydrogens is 282 g/mol. The van der Waals surface area contributed by atoms with E-state index in [9.17, 15) is 4.79 Å². The van der Waals surface area contributed by atoms with Crippen LogP contribution in [-0.4, -0.2) is 15.9 Å². The Labute approximate surface area is 120 Å². The molecule has 0 unspecified atom stereocenters. The number of anilines is 1. The van der Waals surface area contributed by atoms with Crippen molar-refractivity contribution in [2.24, 2.45) is 0 Å². The van der Waals surface area contributed by atoms with E-state index in [0.717, 1.165) is 21.3 Å². The predicted molar refractivity (Wildman–Crippen MR) is 76.6 cm³/mol. The van der Waals surface area contributed by atoms with Gasteiger partial charge in [0.2, 0.25) is 11.2 Å². The third kappa shape index (κ3) is 4.22. The normalized spacial score (nSPS) is 10.3. The van der Waals surface area contributed by atoms with E-state index in [1.165, 1.54) is 18.7 Å². The van der Waals surface area contributed by atoms with E-state index in [1.807, 2.05) is 37.3 Å². The molecule has 1 aromatic heterocycles. The van der Waals surface area contributed by atoms with E-state index in [-0.39, 0.29) is 11.2 Å². The largest absolute Gasteiger partial charge is 0.326 e. The first-order valence-corrected chi connectivity index (χ1v) is 6.79. The molecule has 0 saturated carbocycles. The number of amides is 1. The maximum Gasteiger partial charge on any atom is 0.223 e. The highest BCUT2D eigenvalue weighted by Gasteiger charge is 2.03. The van der Waals surface area contributed by atoms with Gasteiger partial charge in [-0.2, -0.15) is 0 Å². The molecule has 1 heterocycles. The summed E-state index contributed by atoms with van der Waals surface area (Å²) < 4.78 is 0. The molecule has 0 bridgehead atoms. The topological polar surface area (TPSA) is 54.9 Å². The summed E-state index contributed by atoms with van der Waals surface area (Å²) in [5.41, 5.74) is 1.60. The maximum absolute atomic E-state index is 10.9. The lowest BCUT2D eigenvalue weighted by atomic mass is 10.3. The number of nitrogens with zero attached hydrogens (tertiary/aromatic N) is 2. The summed E-state index contributed by atoms with van der Waals surface area (Å²) >= 11 is 7.31. The van der Waals surface area contributed by atoms with E-state index < -0.39 is 0 Å². The highest BCUT2D eigenvalue weighted by Crippen LogP contribution is 2.28. The first-order chi connectivity index (χ1) is 9.02. The van der Waals surface area contributed by atoms with Crippen molar-refractivity contribution in [3.05, 3.63) is 41.3 Å². The van der Waals surface area contributed by atoms with Crippen LogP contribution in [0.4, 0.5) is 5.69 Å². The van der Waals surface area contributed by atoms with Crippen molar-refractivity contribution in [3.8, 4) is 0 Å². The van der Waals surface area contributed by atoms with Gasteiger partial charge in [0.15, 0.2) is 0 Å². The Bertz CT molecular complexity index is 581.